The number of anilines is 2. The average molecular weight is 820 g/mol. The van der Waals surface area contributed by atoms with Crippen LogP contribution in [0, 0.1) is 12.7 Å². The molecular formula is C34H28ClF6N11O5. The zero-order chi connectivity index (χ0) is 40.9. The summed E-state index contributed by atoms with van der Waals surface area (Å²) in [6.07, 6.45) is -2.32. The Labute approximate surface area is 320 Å². The van der Waals surface area contributed by atoms with E-state index in [0.29, 0.717) is 6.07 Å². The first-order valence-corrected chi connectivity index (χ1v) is 17.3. The second-order valence-corrected chi connectivity index (χ2v) is 13.0. The molecule has 7 rings (SSSR count). The second kappa shape index (κ2) is 14.9. The van der Waals surface area contributed by atoms with Gasteiger partial charge in [-0.25, -0.2) is 14.4 Å². The van der Waals surface area contributed by atoms with Crippen LogP contribution < -0.4 is 20.5 Å². The monoisotopic (exact) mass is 819 g/mol. The molecule has 2 N–H and O–H groups in total. The summed E-state index contributed by atoms with van der Waals surface area (Å²) in [5.74, 6) is -4.08. The van der Waals surface area contributed by atoms with E-state index in [2.05, 4.69) is 35.2 Å². The van der Waals surface area contributed by atoms with Crippen molar-refractivity contribution in [2.24, 2.45) is 0 Å². The Bertz CT molecular complexity index is 2620. The van der Waals surface area contributed by atoms with E-state index >= 15 is 4.39 Å². The lowest BCUT2D eigenvalue weighted by atomic mass is 10.2. The lowest BCUT2D eigenvalue weighted by molar-refractivity contribution is -0.137. The van der Waals surface area contributed by atoms with Crippen molar-refractivity contribution in [1.29, 1.82) is 0 Å². The molecule has 1 aromatic carbocycles. The molecule has 0 atom stereocenters. The fourth-order valence-corrected chi connectivity index (χ4v) is 6.67. The largest absolute Gasteiger partial charge is 0.504 e. The number of benzene rings is 1. The van der Waals surface area contributed by atoms with Crippen molar-refractivity contribution in [3.63, 3.8) is 0 Å². The van der Waals surface area contributed by atoms with Gasteiger partial charge in [0.1, 0.15) is 24.1 Å². The van der Waals surface area contributed by atoms with E-state index in [0.717, 1.165) is 39.8 Å². The maximum Gasteiger partial charge on any atom is 0.416 e. The van der Waals surface area contributed by atoms with Gasteiger partial charge < -0.3 is 29.5 Å². The molecule has 23 heteroatoms. The highest BCUT2D eigenvalue weighted by Crippen LogP contribution is 2.34. The number of alkyl halides is 5. The standard InChI is InChI=1S/C34H28ClF6N11O5/c1-3-21-27(48-8-10-49(11-9-48)30(55)26-28(54)16(2)42-15-43-26)31(56)52-33(50(21)14-23(53)45-20-5-4-17(12-19(20)35)34(39,40)41)46-29(47-52)18-13-24(57-32(37)38)51-22(25(18)36)6-7-44-51/h4-7,12-13,15,32,54H,3,8-11,14H2,1-2H3,(H,45,53). The molecule has 16 nitrogen and oxygen atoms in total. The molecule has 298 valence electrons. The Morgan fingerprint density at radius 3 is 2.47 bits per heavy atom. The summed E-state index contributed by atoms with van der Waals surface area (Å²) in [6, 6.07) is 4.41. The first-order chi connectivity index (χ1) is 27.1. The maximum atomic E-state index is 15.9. The minimum Gasteiger partial charge on any atom is -0.504 e. The molecule has 57 heavy (non-hydrogen) atoms. The number of aromatic nitrogens is 8. The van der Waals surface area contributed by atoms with Crippen LogP contribution in [0.25, 0.3) is 22.7 Å². The first-order valence-electron chi connectivity index (χ1n) is 16.9. The van der Waals surface area contributed by atoms with Gasteiger partial charge in [-0.15, -0.1) is 5.10 Å². The number of hydrogen-bond donors (Lipinski definition) is 2. The smallest absolute Gasteiger partial charge is 0.416 e. The molecule has 0 radical (unpaired) electrons. The van der Waals surface area contributed by atoms with Crippen LogP contribution in [0.15, 0.2) is 47.7 Å². The number of pyridine rings is 1. The zero-order valence-electron chi connectivity index (χ0n) is 29.6. The molecular weight excluding hydrogens is 792 g/mol. The van der Waals surface area contributed by atoms with Gasteiger partial charge in [-0.3, -0.25) is 14.4 Å². The number of nitrogens with zero attached hydrogens (tertiary/aromatic N) is 10. The molecule has 1 saturated heterocycles. The molecule has 0 spiro atoms. The number of hydrogen-bond acceptors (Lipinski definition) is 11. The van der Waals surface area contributed by atoms with Gasteiger partial charge in [0.2, 0.25) is 17.6 Å². The number of fused-ring (bicyclic) bond motifs is 2. The highest BCUT2D eigenvalue weighted by molar-refractivity contribution is 6.33. The van der Waals surface area contributed by atoms with Crippen LogP contribution >= 0.6 is 11.6 Å². The van der Waals surface area contributed by atoms with Crippen molar-refractivity contribution >= 4 is 46.1 Å². The quantitative estimate of drug-likeness (QED) is 0.195. The van der Waals surface area contributed by atoms with Gasteiger partial charge in [0, 0.05) is 32.2 Å². The Kier molecular flexibility index (Phi) is 10.1. The lowest BCUT2D eigenvalue weighted by Crippen LogP contribution is -2.51. The summed E-state index contributed by atoms with van der Waals surface area (Å²) in [4.78, 5) is 56.5. The normalized spacial score (nSPS) is 13.6. The summed E-state index contributed by atoms with van der Waals surface area (Å²) in [5.41, 5.74) is -2.43. The minimum atomic E-state index is -4.70. The van der Waals surface area contributed by atoms with E-state index < -0.39 is 70.4 Å². The van der Waals surface area contributed by atoms with Crippen LogP contribution in [0.5, 0.6) is 11.6 Å². The molecule has 2 amide bonds. The fourth-order valence-electron chi connectivity index (χ4n) is 6.44. The van der Waals surface area contributed by atoms with Crippen molar-refractivity contribution in [3.8, 4) is 23.0 Å². The molecule has 1 fully saturated rings. The molecule has 0 saturated carbocycles. The van der Waals surface area contributed by atoms with E-state index in [-0.39, 0.29) is 78.1 Å². The Morgan fingerprint density at radius 1 is 1.07 bits per heavy atom. The third-order valence-electron chi connectivity index (χ3n) is 9.16. The van der Waals surface area contributed by atoms with E-state index in [1.807, 2.05) is 0 Å². The lowest BCUT2D eigenvalue weighted by Gasteiger charge is -2.36. The molecule has 5 aromatic heterocycles. The number of aromatic hydroxyl groups is 1. The average Bonchev–Trinajstić information content (AvgIpc) is 3.84. The van der Waals surface area contributed by atoms with E-state index in [1.54, 1.807) is 11.8 Å². The van der Waals surface area contributed by atoms with E-state index in [4.69, 9.17) is 11.6 Å². The van der Waals surface area contributed by atoms with Crippen molar-refractivity contribution < 1.29 is 45.8 Å². The van der Waals surface area contributed by atoms with Crippen molar-refractivity contribution in [2.75, 3.05) is 36.4 Å². The Morgan fingerprint density at radius 2 is 1.81 bits per heavy atom. The molecule has 1 aliphatic rings. The van der Waals surface area contributed by atoms with Crippen molar-refractivity contribution in [3.05, 3.63) is 86.7 Å². The number of piperazine rings is 1. The maximum absolute atomic E-state index is 15.9. The predicted octanol–water partition coefficient (Wildman–Crippen LogP) is 4.59. The van der Waals surface area contributed by atoms with Gasteiger partial charge >= 0.3 is 12.8 Å². The summed E-state index contributed by atoms with van der Waals surface area (Å²) in [5, 5.41) is 20.5. The van der Waals surface area contributed by atoms with Gasteiger partial charge in [-0.2, -0.15) is 41.1 Å². The van der Waals surface area contributed by atoms with Crippen molar-refractivity contribution in [2.45, 2.75) is 39.6 Å². The summed E-state index contributed by atoms with van der Waals surface area (Å²) in [6.45, 7) is -0.507. The van der Waals surface area contributed by atoms with Crippen LogP contribution in [0.1, 0.15) is 34.4 Å². The van der Waals surface area contributed by atoms with Gasteiger partial charge in [0.15, 0.2) is 23.1 Å². The van der Waals surface area contributed by atoms with Crippen LogP contribution in [-0.4, -0.2) is 93.4 Å². The summed E-state index contributed by atoms with van der Waals surface area (Å²) in [7, 11) is 0. The molecule has 1 aliphatic heterocycles. The van der Waals surface area contributed by atoms with Crippen LogP contribution in [0.4, 0.5) is 37.7 Å². The Balaban J connectivity index is 1.31. The number of rotatable bonds is 9. The molecule has 0 bridgehead atoms. The molecule has 0 aliphatic carbocycles. The number of carbonyl (C=O) groups is 2. The van der Waals surface area contributed by atoms with Crippen LogP contribution in [0.2, 0.25) is 5.02 Å². The first kappa shape index (κ1) is 38.8. The highest BCUT2D eigenvalue weighted by Gasteiger charge is 2.33. The van der Waals surface area contributed by atoms with Crippen LogP contribution in [-0.2, 0) is 23.9 Å². The van der Waals surface area contributed by atoms with E-state index in [1.165, 1.54) is 22.5 Å². The number of amides is 2. The number of ether oxygens (including phenoxy) is 1. The topological polar surface area (TPSA) is 177 Å². The number of halogens is 7. The minimum absolute atomic E-state index is 0.0306. The number of nitrogens with one attached hydrogen (secondary N) is 1. The predicted molar refractivity (Wildman–Crippen MR) is 189 cm³/mol. The van der Waals surface area contributed by atoms with Gasteiger partial charge in [0.05, 0.1) is 39.4 Å². The Hall–Kier alpha value is -6.45. The third kappa shape index (κ3) is 7.22. The molecule has 0 unspecified atom stereocenters. The van der Waals surface area contributed by atoms with Gasteiger partial charge in [-0.05, 0) is 37.6 Å². The second-order valence-electron chi connectivity index (χ2n) is 12.6. The third-order valence-corrected chi connectivity index (χ3v) is 9.47. The zero-order valence-corrected chi connectivity index (χ0v) is 30.3. The molecule has 6 aromatic rings. The SMILES string of the molecule is CCc1c(N2CCN(C(=O)c3ncnc(C)c3O)CC2)c(=O)n2nc(-c3cc(OC(F)F)n4nccc4c3F)nc2n1CC(=O)Nc1ccc(C(F)(F)F)cc1Cl. The number of carbonyl (C=O) groups excluding carboxylic acids is 2. The van der Waals surface area contributed by atoms with Crippen molar-refractivity contribution in [1.82, 2.24) is 43.6 Å². The van der Waals surface area contributed by atoms with Gasteiger partial charge in [0.25, 0.3) is 11.5 Å². The summed E-state index contributed by atoms with van der Waals surface area (Å²) < 4.78 is 89.9. The van der Waals surface area contributed by atoms with E-state index in [9.17, 15) is 41.4 Å². The highest BCUT2D eigenvalue weighted by atomic mass is 35.5. The number of aryl methyl sites for hydroxylation is 1. The van der Waals surface area contributed by atoms with Gasteiger partial charge in [-0.1, -0.05) is 18.5 Å². The fraction of sp³-hybridized carbons (Fsp3) is 0.294. The van der Waals surface area contributed by atoms with Crippen LogP contribution in [0.3, 0.4) is 0 Å². The molecule has 6 heterocycles. The summed E-state index contributed by atoms with van der Waals surface area (Å²) >= 11 is 6.09.